The Balaban J connectivity index is 1.67. The maximum atomic E-state index is 12.4. The molecule has 2 aromatic carbocycles. The number of methoxy groups -OCH3 is 1. The minimum atomic E-state index is -0.320. The van der Waals surface area contributed by atoms with Gasteiger partial charge in [0.05, 0.1) is 13.7 Å². The summed E-state index contributed by atoms with van der Waals surface area (Å²) in [6, 6.07) is 16.1. The fourth-order valence-electron chi connectivity index (χ4n) is 2.35. The molecule has 27 heavy (non-hydrogen) atoms. The second-order valence-electron chi connectivity index (χ2n) is 5.53. The molecule has 0 bridgehead atoms. The Hall–Kier alpha value is -3.61. The van der Waals surface area contributed by atoms with E-state index in [0.29, 0.717) is 18.2 Å². The Labute approximate surface area is 157 Å². The molecular weight excluding hydrogens is 344 g/mol. The van der Waals surface area contributed by atoms with E-state index in [-0.39, 0.29) is 11.6 Å². The predicted molar refractivity (Wildman–Crippen MR) is 104 cm³/mol. The van der Waals surface area contributed by atoms with Gasteiger partial charge >= 0.3 is 0 Å². The molecule has 0 radical (unpaired) electrons. The number of nitrogens with zero attached hydrogens (tertiary/aromatic N) is 2. The zero-order chi connectivity index (χ0) is 19.1. The number of nitrogens with one attached hydrogen (secondary N) is 2. The summed E-state index contributed by atoms with van der Waals surface area (Å²) >= 11 is 0. The van der Waals surface area contributed by atoms with Crippen LogP contribution in [0, 0.1) is 0 Å². The van der Waals surface area contributed by atoms with Crippen molar-refractivity contribution in [1.82, 2.24) is 9.97 Å². The van der Waals surface area contributed by atoms with Crippen molar-refractivity contribution in [2.24, 2.45) is 0 Å². The van der Waals surface area contributed by atoms with Crippen LogP contribution in [-0.2, 0) is 0 Å². The van der Waals surface area contributed by atoms with Gasteiger partial charge in [-0.1, -0.05) is 0 Å². The number of benzene rings is 2. The molecule has 0 fully saturated rings. The first kappa shape index (κ1) is 18.2. The number of amides is 1. The summed E-state index contributed by atoms with van der Waals surface area (Å²) in [4.78, 5) is 20.8. The van der Waals surface area contributed by atoms with Gasteiger partial charge in [0.25, 0.3) is 5.91 Å². The van der Waals surface area contributed by atoms with Crippen LogP contribution in [0.1, 0.15) is 17.4 Å². The van der Waals surface area contributed by atoms with Gasteiger partial charge in [-0.15, -0.1) is 0 Å². The molecule has 7 nitrogen and oxygen atoms in total. The van der Waals surface area contributed by atoms with Crippen LogP contribution in [0.2, 0.25) is 0 Å². The largest absolute Gasteiger partial charge is 0.497 e. The van der Waals surface area contributed by atoms with Gasteiger partial charge in [0, 0.05) is 17.6 Å². The lowest BCUT2D eigenvalue weighted by Gasteiger charge is -2.09. The van der Waals surface area contributed by atoms with E-state index in [1.54, 1.807) is 37.4 Å². The molecule has 0 aliphatic heterocycles. The monoisotopic (exact) mass is 364 g/mol. The van der Waals surface area contributed by atoms with Crippen LogP contribution < -0.4 is 20.1 Å². The van der Waals surface area contributed by atoms with E-state index >= 15 is 0 Å². The first-order valence-electron chi connectivity index (χ1n) is 8.46. The smallest absolute Gasteiger partial charge is 0.274 e. The number of hydrogen-bond acceptors (Lipinski definition) is 6. The molecule has 0 spiro atoms. The van der Waals surface area contributed by atoms with Crippen LogP contribution in [0.25, 0.3) is 0 Å². The molecule has 1 amide bonds. The molecule has 138 valence electrons. The SMILES string of the molecule is CCOc1ccc(NC(=O)c2ccnc(Nc3ccc(OC)cc3)n2)cc1. The van der Waals surface area contributed by atoms with E-state index in [4.69, 9.17) is 9.47 Å². The highest BCUT2D eigenvalue weighted by Gasteiger charge is 2.10. The van der Waals surface area contributed by atoms with Crippen molar-refractivity contribution < 1.29 is 14.3 Å². The summed E-state index contributed by atoms with van der Waals surface area (Å²) in [5.41, 5.74) is 1.71. The average Bonchev–Trinajstić information content (AvgIpc) is 2.70. The quantitative estimate of drug-likeness (QED) is 0.662. The average molecular weight is 364 g/mol. The molecule has 1 aromatic heterocycles. The normalized spacial score (nSPS) is 10.1. The van der Waals surface area contributed by atoms with Crippen LogP contribution in [0.4, 0.5) is 17.3 Å². The van der Waals surface area contributed by atoms with Crippen molar-refractivity contribution in [3.05, 3.63) is 66.5 Å². The topological polar surface area (TPSA) is 85.4 Å². The Morgan fingerprint density at radius 3 is 2.30 bits per heavy atom. The van der Waals surface area contributed by atoms with Crippen LogP contribution in [0.3, 0.4) is 0 Å². The van der Waals surface area contributed by atoms with Crippen LogP contribution in [0.5, 0.6) is 11.5 Å². The first-order valence-corrected chi connectivity index (χ1v) is 8.46. The number of anilines is 3. The third kappa shape index (κ3) is 4.94. The summed E-state index contributed by atoms with van der Waals surface area (Å²) in [6.45, 7) is 2.51. The highest BCUT2D eigenvalue weighted by atomic mass is 16.5. The lowest BCUT2D eigenvalue weighted by atomic mass is 10.3. The number of rotatable bonds is 7. The summed E-state index contributed by atoms with van der Waals surface area (Å²) in [5, 5.41) is 5.87. The van der Waals surface area contributed by atoms with Crippen LogP contribution >= 0.6 is 0 Å². The molecule has 3 rings (SSSR count). The van der Waals surface area contributed by atoms with Gasteiger partial charge in [0.2, 0.25) is 5.95 Å². The van der Waals surface area contributed by atoms with Crippen molar-refractivity contribution in [3.63, 3.8) is 0 Å². The second-order valence-corrected chi connectivity index (χ2v) is 5.53. The van der Waals surface area contributed by atoms with E-state index in [0.717, 1.165) is 17.2 Å². The highest BCUT2D eigenvalue weighted by Crippen LogP contribution is 2.19. The Morgan fingerprint density at radius 1 is 0.963 bits per heavy atom. The van der Waals surface area contributed by atoms with Gasteiger partial charge in [0.1, 0.15) is 17.2 Å². The summed E-state index contributed by atoms with van der Waals surface area (Å²) < 4.78 is 10.5. The molecule has 7 heteroatoms. The molecule has 3 aromatic rings. The van der Waals surface area contributed by atoms with Crippen molar-refractivity contribution in [3.8, 4) is 11.5 Å². The Morgan fingerprint density at radius 2 is 1.63 bits per heavy atom. The van der Waals surface area contributed by atoms with Crippen molar-refractivity contribution in [2.75, 3.05) is 24.4 Å². The van der Waals surface area contributed by atoms with Gasteiger partial charge in [-0.25, -0.2) is 9.97 Å². The van der Waals surface area contributed by atoms with E-state index in [9.17, 15) is 4.79 Å². The third-order valence-electron chi connectivity index (χ3n) is 3.66. The minimum absolute atomic E-state index is 0.259. The highest BCUT2D eigenvalue weighted by molar-refractivity contribution is 6.03. The van der Waals surface area contributed by atoms with E-state index < -0.39 is 0 Å². The summed E-state index contributed by atoms with van der Waals surface area (Å²) in [5.74, 6) is 1.52. The molecular formula is C20H20N4O3. The number of carbonyl (C=O) groups excluding carboxylic acids is 1. The second kappa shape index (κ2) is 8.66. The molecule has 2 N–H and O–H groups in total. The number of ether oxygens (including phenoxy) is 2. The minimum Gasteiger partial charge on any atom is -0.497 e. The molecule has 0 unspecified atom stereocenters. The van der Waals surface area contributed by atoms with Crippen molar-refractivity contribution in [1.29, 1.82) is 0 Å². The van der Waals surface area contributed by atoms with E-state index in [1.165, 1.54) is 6.20 Å². The van der Waals surface area contributed by atoms with Crippen LogP contribution in [-0.4, -0.2) is 29.6 Å². The fourth-order valence-corrected chi connectivity index (χ4v) is 2.35. The van der Waals surface area contributed by atoms with Gasteiger partial charge in [-0.2, -0.15) is 0 Å². The third-order valence-corrected chi connectivity index (χ3v) is 3.66. The first-order chi connectivity index (χ1) is 13.2. The maximum absolute atomic E-state index is 12.4. The zero-order valence-electron chi connectivity index (χ0n) is 15.1. The number of aromatic nitrogens is 2. The van der Waals surface area contributed by atoms with Crippen molar-refractivity contribution >= 4 is 23.2 Å². The number of carbonyl (C=O) groups is 1. The summed E-state index contributed by atoms with van der Waals surface area (Å²) in [7, 11) is 1.61. The molecule has 0 aliphatic carbocycles. The molecule has 1 heterocycles. The Bertz CT molecular complexity index is 896. The predicted octanol–water partition coefficient (Wildman–Crippen LogP) is 3.88. The molecule has 0 saturated carbocycles. The van der Waals surface area contributed by atoms with Gasteiger partial charge in [-0.05, 0) is 61.5 Å². The lowest BCUT2D eigenvalue weighted by molar-refractivity contribution is 0.102. The summed E-state index contributed by atoms with van der Waals surface area (Å²) in [6.07, 6.45) is 1.53. The molecule has 0 saturated heterocycles. The zero-order valence-corrected chi connectivity index (χ0v) is 15.1. The van der Waals surface area contributed by atoms with Gasteiger partial charge in [0.15, 0.2) is 0 Å². The van der Waals surface area contributed by atoms with Gasteiger partial charge in [-0.3, -0.25) is 4.79 Å². The standard InChI is InChI=1S/C20H20N4O3/c1-3-27-17-10-6-14(7-11-17)22-19(25)18-12-13-21-20(24-18)23-15-4-8-16(26-2)9-5-15/h4-13H,3H2,1-2H3,(H,22,25)(H,21,23,24). The maximum Gasteiger partial charge on any atom is 0.274 e. The Kier molecular flexibility index (Phi) is 5.84. The lowest BCUT2D eigenvalue weighted by Crippen LogP contribution is -2.14. The molecule has 0 atom stereocenters. The fraction of sp³-hybridized carbons (Fsp3) is 0.150. The van der Waals surface area contributed by atoms with E-state index in [1.807, 2.05) is 31.2 Å². The molecule has 0 aliphatic rings. The van der Waals surface area contributed by atoms with Crippen LogP contribution in [0.15, 0.2) is 60.8 Å². The van der Waals surface area contributed by atoms with Crippen molar-refractivity contribution in [2.45, 2.75) is 6.92 Å². The van der Waals surface area contributed by atoms with E-state index in [2.05, 4.69) is 20.6 Å². The van der Waals surface area contributed by atoms with Gasteiger partial charge < -0.3 is 20.1 Å². The number of hydrogen-bond donors (Lipinski definition) is 2.